The van der Waals surface area contributed by atoms with Crippen molar-refractivity contribution in [1.29, 1.82) is 0 Å². The van der Waals surface area contributed by atoms with Crippen LogP contribution < -0.4 is 5.32 Å². The Morgan fingerprint density at radius 1 is 1.21 bits per heavy atom. The standard InChI is InChI=1S/C14H19BrF3N/c1-4-10(5-2)9(3)19-13-8-11(15)6-7-12(13)14(16,17)18/h6-10,19H,4-5H2,1-3H3. The van der Waals surface area contributed by atoms with Crippen LogP contribution >= 0.6 is 15.9 Å². The minimum Gasteiger partial charge on any atom is -0.382 e. The predicted octanol–water partition coefficient (Wildman–Crippen LogP) is 5.70. The summed E-state index contributed by atoms with van der Waals surface area (Å²) in [5.41, 5.74) is -0.477. The number of halogens is 4. The zero-order valence-corrected chi connectivity index (χ0v) is 12.9. The molecule has 1 aromatic carbocycles. The van der Waals surface area contributed by atoms with E-state index in [4.69, 9.17) is 0 Å². The summed E-state index contributed by atoms with van der Waals surface area (Å²) >= 11 is 3.22. The van der Waals surface area contributed by atoms with Crippen molar-refractivity contribution in [2.75, 3.05) is 5.32 Å². The molecule has 0 aliphatic rings. The van der Waals surface area contributed by atoms with Gasteiger partial charge in [0.15, 0.2) is 0 Å². The number of nitrogens with one attached hydrogen (secondary N) is 1. The molecule has 1 aromatic rings. The van der Waals surface area contributed by atoms with E-state index >= 15 is 0 Å². The summed E-state index contributed by atoms with van der Waals surface area (Å²) in [6, 6.07) is 4.01. The van der Waals surface area contributed by atoms with Gasteiger partial charge in [0.25, 0.3) is 0 Å². The maximum absolute atomic E-state index is 12.9. The number of benzene rings is 1. The SMILES string of the molecule is CCC(CC)C(C)Nc1cc(Br)ccc1C(F)(F)F. The molecule has 0 aliphatic heterocycles. The summed E-state index contributed by atoms with van der Waals surface area (Å²) in [6.07, 6.45) is -2.45. The Morgan fingerprint density at radius 3 is 2.26 bits per heavy atom. The van der Waals surface area contributed by atoms with Gasteiger partial charge < -0.3 is 5.32 Å². The number of hydrogen-bond acceptors (Lipinski definition) is 1. The van der Waals surface area contributed by atoms with E-state index in [1.165, 1.54) is 12.1 Å². The molecule has 5 heteroatoms. The van der Waals surface area contributed by atoms with Crippen molar-refractivity contribution < 1.29 is 13.2 Å². The van der Waals surface area contributed by atoms with Crippen LogP contribution in [0.4, 0.5) is 18.9 Å². The molecule has 0 saturated heterocycles. The van der Waals surface area contributed by atoms with E-state index in [9.17, 15) is 13.2 Å². The van der Waals surface area contributed by atoms with Crippen LogP contribution in [0.2, 0.25) is 0 Å². The molecule has 1 nitrogen and oxygen atoms in total. The minimum atomic E-state index is -4.34. The van der Waals surface area contributed by atoms with E-state index in [1.807, 2.05) is 6.92 Å². The second-order valence-electron chi connectivity index (χ2n) is 4.70. The van der Waals surface area contributed by atoms with Gasteiger partial charge in [0.1, 0.15) is 0 Å². The van der Waals surface area contributed by atoms with Gasteiger partial charge in [-0.1, -0.05) is 42.6 Å². The van der Waals surface area contributed by atoms with Crippen LogP contribution in [0.5, 0.6) is 0 Å². The molecular weight excluding hydrogens is 319 g/mol. The Labute approximate surface area is 120 Å². The minimum absolute atomic E-state index is 0.00500. The summed E-state index contributed by atoms with van der Waals surface area (Å²) in [6.45, 7) is 6.04. The summed E-state index contributed by atoms with van der Waals surface area (Å²) in [4.78, 5) is 0. The summed E-state index contributed by atoms with van der Waals surface area (Å²) in [5.74, 6) is 0.361. The van der Waals surface area contributed by atoms with Gasteiger partial charge in [0.2, 0.25) is 0 Å². The summed E-state index contributed by atoms with van der Waals surface area (Å²) in [5, 5.41) is 3.01. The molecule has 1 rings (SSSR count). The van der Waals surface area contributed by atoms with E-state index in [-0.39, 0.29) is 11.7 Å². The van der Waals surface area contributed by atoms with Gasteiger partial charge in [-0.3, -0.25) is 0 Å². The Hall–Kier alpha value is -0.710. The van der Waals surface area contributed by atoms with E-state index in [1.54, 1.807) is 0 Å². The monoisotopic (exact) mass is 337 g/mol. The molecule has 1 N–H and O–H groups in total. The molecule has 0 amide bonds. The lowest BCUT2D eigenvalue weighted by atomic mass is 9.95. The molecule has 0 heterocycles. The average Bonchev–Trinajstić information content (AvgIpc) is 2.28. The fraction of sp³-hybridized carbons (Fsp3) is 0.571. The molecule has 108 valence electrons. The van der Waals surface area contributed by atoms with Crippen LogP contribution in [0.3, 0.4) is 0 Å². The second kappa shape index (κ2) is 6.64. The quantitative estimate of drug-likeness (QED) is 0.726. The van der Waals surface area contributed by atoms with Crippen molar-refractivity contribution in [2.45, 2.75) is 45.8 Å². The van der Waals surface area contributed by atoms with E-state index in [2.05, 4.69) is 35.1 Å². The molecule has 0 fully saturated rings. The van der Waals surface area contributed by atoms with Crippen molar-refractivity contribution in [1.82, 2.24) is 0 Å². The molecule has 0 aromatic heterocycles. The first-order valence-electron chi connectivity index (χ1n) is 6.42. The Balaban J connectivity index is 3.02. The molecule has 1 unspecified atom stereocenters. The Bertz CT molecular complexity index is 414. The lowest BCUT2D eigenvalue weighted by Gasteiger charge is -2.25. The van der Waals surface area contributed by atoms with Crippen molar-refractivity contribution in [2.24, 2.45) is 5.92 Å². The highest BCUT2D eigenvalue weighted by Crippen LogP contribution is 2.37. The normalized spacial score (nSPS) is 13.7. The van der Waals surface area contributed by atoms with Gasteiger partial charge in [0.05, 0.1) is 5.56 Å². The Kier molecular flexibility index (Phi) is 5.71. The van der Waals surface area contributed by atoms with Gasteiger partial charge in [0, 0.05) is 16.2 Å². The number of alkyl halides is 3. The van der Waals surface area contributed by atoms with Crippen molar-refractivity contribution in [3.8, 4) is 0 Å². The van der Waals surface area contributed by atoms with E-state index < -0.39 is 11.7 Å². The smallest absolute Gasteiger partial charge is 0.382 e. The fourth-order valence-electron chi connectivity index (χ4n) is 2.24. The highest BCUT2D eigenvalue weighted by Gasteiger charge is 2.34. The third kappa shape index (κ3) is 4.41. The van der Waals surface area contributed by atoms with Gasteiger partial charge >= 0.3 is 6.18 Å². The molecule has 1 atom stereocenters. The van der Waals surface area contributed by atoms with Crippen LogP contribution in [0.15, 0.2) is 22.7 Å². The van der Waals surface area contributed by atoms with Crippen LogP contribution in [-0.4, -0.2) is 6.04 Å². The summed E-state index contributed by atoms with van der Waals surface area (Å²) < 4.78 is 39.5. The van der Waals surface area contributed by atoms with Crippen molar-refractivity contribution >= 4 is 21.6 Å². The molecule has 0 spiro atoms. The molecule has 19 heavy (non-hydrogen) atoms. The highest BCUT2D eigenvalue weighted by atomic mass is 79.9. The number of rotatable bonds is 5. The van der Waals surface area contributed by atoms with Crippen LogP contribution in [0.1, 0.15) is 39.2 Å². The largest absolute Gasteiger partial charge is 0.418 e. The fourth-order valence-corrected chi connectivity index (χ4v) is 2.60. The molecule has 0 bridgehead atoms. The first-order valence-corrected chi connectivity index (χ1v) is 7.22. The van der Waals surface area contributed by atoms with Crippen molar-refractivity contribution in [3.63, 3.8) is 0 Å². The maximum Gasteiger partial charge on any atom is 0.418 e. The first-order chi connectivity index (χ1) is 8.79. The molecule has 0 radical (unpaired) electrons. The summed E-state index contributed by atoms with van der Waals surface area (Å²) in [7, 11) is 0. The Morgan fingerprint density at radius 2 is 1.79 bits per heavy atom. The van der Waals surface area contributed by atoms with Gasteiger partial charge in [-0.2, -0.15) is 13.2 Å². The number of hydrogen-bond donors (Lipinski definition) is 1. The second-order valence-corrected chi connectivity index (χ2v) is 5.61. The van der Waals surface area contributed by atoms with Crippen LogP contribution in [-0.2, 0) is 6.18 Å². The van der Waals surface area contributed by atoms with Crippen LogP contribution in [0.25, 0.3) is 0 Å². The zero-order chi connectivity index (χ0) is 14.6. The third-order valence-corrected chi connectivity index (χ3v) is 3.92. The van der Waals surface area contributed by atoms with Crippen LogP contribution in [0, 0.1) is 5.92 Å². The molecule has 0 aliphatic carbocycles. The highest BCUT2D eigenvalue weighted by molar-refractivity contribution is 9.10. The van der Waals surface area contributed by atoms with Gasteiger partial charge in [-0.05, 0) is 31.0 Å². The first kappa shape index (κ1) is 16.3. The topological polar surface area (TPSA) is 12.0 Å². The number of anilines is 1. The van der Waals surface area contributed by atoms with E-state index in [0.29, 0.717) is 10.4 Å². The molecular formula is C14H19BrF3N. The zero-order valence-electron chi connectivity index (χ0n) is 11.3. The lowest BCUT2D eigenvalue weighted by Crippen LogP contribution is -2.26. The molecule has 0 saturated carbocycles. The van der Waals surface area contributed by atoms with Gasteiger partial charge in [-0.15, -0.1) is 0 Å². The van der Waals surface area contributed by atoms with Gasteiger partial charge in [-0.25, -0.2) is 0 Å². The third-order valence-electron chi connectivity index (χ3n) is 3.43. The predicted molar refractivity (Wildman–Crippen MR) is 76.3 cm³/mol. The lowest BCUT2D eigenvalue weighted by molar-refractivity contribution is -0.137. The maximum atomic E-state index is 12.9. The van der Waals surface area contributed by atoms with E-state index in [0.717, 1.165) is 18.9 Å². The van der Waals surface area contributed by atoms with Crippen molar-refractivity contribution in [3.05, 3.63) is 28.2 Å². The average molecular weight is 338 g/mol.